The quantitative estimate of drug-likeness (QED) is 0.765. The van der Waals surface area contributed by atoms with Crippen LogP contribution < -0.4 is 4.74 Å². The van der Waals surface area contributed by atoms with E-state index in [0.29, 0.717) is 5.92 Å². The van der Waals surface area contributed by atoms with Gasteiger partial charge >= 0.3 is 0 Å². The molecule has 0 N–H and O–H groups in total. The maximum atomic E-state index is 5.21. The Balaban J connectivity index is 3.20. The Morgan fingerprint density at radius 3 is 2.38 bits per heavy atom. The van der Waals surface area contributed by atoms with Gasteiger partial charge < -0.3 is 4.74 Å². The minimum absolute atomic E-state index is 0.558. The van der Waals surface area contributed by atoms with Gasteiger partial charge in [-0.1, -0.05) is 13.8 Å². The molecule has 0 spiro atoms. The highest BCUT2D eigenvalue weighted by molar-refractivity contribution is 9.10. The van der Waals surface area contributed by atoms with Crippen LogP contribution in [0.25, 0.3) is 0 Å². The summed E-state index contributed by atoms with van der Waals surface area (Å²) < 4.78 is 6.25. The van der Waals surface area contributed by atoms with E-state index in [1.807, 2.05) is 0 Å². The third-order valence-corrected chi connectivity index (χ3v) is 2.78. The van der Waals surface area contributed by atoms with E-state index in [-0.39, 0.29) is 0 Å². The fraction of sp³-hybridized carbons (Fsp3) is 0.455. The highest BCUT2D eigenvalue weighted by Gasteiger charge is 2.08. The van der Waals surface area contributed by atoms with Crippen molar-refractivity contribution in [1.29, 1.82) is 0 Å². The van der Waals surface area contributed by atoms with Crippen molar-refractivity contribution in [2.75, 3.05) is 7.11 Å². The Morgan fingerprint density at radius 1 is 1.31 bits per heavy atom. The predicted octanol–water partition coefficient (Wildman–Crippen LogP) is 3.89. The molecule has 0 bridgehead atoms. The molecular formula is C11H15BrO. The zero-order valence-electron chi connectivity index (χ0n) is 8.52. The van der Waals surface area contributed by atoms with Gasteiger partial charge in [0.15, 0.2) is 0 Å². The molecule has 1 aromatic rings. The lowest BCUT2D eigenvalue weighted by Crippen LogP contribution is -1.94. The zero-order valence-corrected chi connectivity index (χ0v) is 10.1. The zero-order chi connectivity index (χ0) is 10.0. The molecule has 0 amide bonds. The van der Waals surface area contributed by atoms with Crippen molar-refractivity contribution in [3.05, 3.63) is 27.7 Å². The van der Waals surface area contributed by atoms with Crippen LogP contribution in [0, 0.1) is 6.92 Å². The number of methoxy groups -OCH3 is 1. The van der Waals surface area contributed by atoms with Crippen LogP contribution in [0.1, 0.15) is 30.9 Å². The van der Waals surface area contributed by atoms with E-state index in [2.05, 4.69) is 48.8 Å². The number of hydrogen-bond donors (Lipinski definition) is 0. The molecule has 0 saturated heterocycles. The van der Waals surface area contributed by atoms with Crippen LogP contribution in [-0.4, -0.2) is 7.11 Å². The summed E-state index contributed by atoms with van der Waals surface area (Å²) in [6.45, 7) is 6.51. The molecule has 0 radical (unpaired) electrons. The average Bonchev–Trinajstić information content (AvgIpc) is 2.07. The summed E-state index contributed by atoms with van der Waals surface area (Å²) >= 11 is 3.48. The molecule has 2 heteroatoms. The van der Waals surface area contributed by atoms with Crippen LogP contribution in [0.4, 0.5) is 0 Å². The van der Waals surface area contributed by atoms with Gasteiger partial charge in [-0.05, 0) is 52.0 Å². The van der Waals surface area contributed by atoms with Crippen molar-refractivity contribution < 1.29 is 4.74 Å². The normalized spacial score (nSPS) is 10.6. The summed E-state index contributed by atoms with van der Waals surface area (Å²) in [5, 5.41) is 0. The van der Waals surface area contributed by atoms with E-state index < -0.39 is 0 Å². The van der Waals surface area contributed by atoms with E-state index in [1.165, 1.54) is 11.1 Å². The van der Waals surface area contributed by atoms with Gasteiger partial charge in [0.1, 0.15) is 5.75 Å². The first-order valence-corrected chi connectivity index (χ1v) is 5.19. The van der Waals surface area contributed by atoms with E-state index >= 15 is 0 Å². The summed E-state index contributed by atoms with van der Waals surface area (Å²) in [7, 11) is 1.69. The molecule has 0 atom stereocenters. The van der Waals surface area contributed by atoms with Crippen LogP contribution in [-0.2, 0) is 0 Å². The van der Waals surface area contributed by atoms with Gasteiger partial charge in [-0.2, -0.15) is 0 Å². The van der Waals surface area contributed by atoms with Gasteiger partial charge in [-0.15, -0.1) is 0 Å². The minimum Gasteiger partial charge on any atom is -0.496 e. The van der Waals surface area contributed by atoms with E-state index in [4.69, 9.17) is 4.74 Å². The number of aryl methyl sites for hydroxylation is 1. The van der Waals surface area contributed by atoms with E-state index in [0.717, 1.165) is 10.2 Å². The van der Waals surface area contributed by atoms with Crippen LogP contribution >= 0.6 is 15.9 Å². The van der Waals surface area contributed by atoms with Gasteiger partial charge in [-0.3, -0.25) is 0 Å². The number of rotatable bonds is 2. The number of benzene rings is 1. The van der Waals surface area contributed by atoms with Crippen molar-refractivity contribution in [2.45, 2.75) is 26.7 Å². The second kappa shape index (κ2) is 4.14. The summed E-state index contributed by atoms with van der Waals surface area (Å²) in [5.74, 6) is 1.46. The third-order valence-electron chi connectivity index (χ3n) is 2.16. The van der Waals surface area contributed by atoms with Crippen LogP contribution in [0.2, 0.25) is 0 Å². The van der Waals surface area contributed by atoms with Crippen molar-refractivity contribution in [3.63, 3.8) is 0 Å². The number of ether oxygens (including phenoxy) is 1. The van der Waals surface area contributed by atoms with Gasteiger partial charge in [0.25, 0.3) is 0 Å². The molecule has 0 fully saturated rings. The SMILES string of the molecule is COc1cc(C)c(C(C)C)cc1Br. The maximum absolute atomic E-state index is 5.21. The third kappa shape index (κ3) is 2.25. The van der Waals surface area contributed by atoms with Gasteiger partial charge in [0.2, 0.25) is 0 Å². The molecule has 13 heavy (non-hydrogen) atoms. The number of hydrogen-bond acceptors (Lipinski definition) is 1. The Bertz CT molecular complexity index is 305. The second-order valence-electron chi connectivity index (χ2n) is 3.50. The molecule has 0 saturated carbocycles. The van der Waals surface area contributed by atoms with E-state index in [1.54, 1.807) is 7.11 Å². The molecule has 0 aliphatic heterocycles. The molecule has 72 valence electrons. The second-order valence-corrected chi connectivity index (χ2v) is 4.35. The largest absolute Gasteiger partial charge is 0.496 e. The summed E-state index contributed by atoms with van der Waals surface area (Å²) in [5.41, 5.74) is 2.66. The predicted molar refractivity (Wildman–Crippen MR) is 59.5 cm³/mol. The molecule has 0 aliphatic carbocycles. The van der Waals surface area contributed by atoms with Gasteiger partial charge in [0.05, 0.1) is 11.6 Å². The van der Waals surface area contributed by atoms with Gasteiger partial charge in [-0.25, -0.2) is 0 Å². The summed E-state index contributed by atoms with van der Waals surface area (Å²) in [6.07, 6.45) is 0. The monoisotopic (exact) mass is 242 g/mol. The minimum atomic E-state index is 0.558. The molecule has 0 heterocycles. The summed E-state index contributed by atoms with van der Waals surface area (Å²) in [4.78, 5) is 0. The first kappa shape index (κ1) is 10.6. The fourth-order valence-corrected chi connectivity index (χ4v) is 1.97. The first-order valence-electron chi connectivity index (χ1n) is 4.40. The van der Waals surface area contributed by atoms with Crippen molar-refractivity contribution in [1.82, 2.24) is 0 Å². The first-order chi connectivity index (χ1) is 6.06. The van der Waals surface area contributed by atoms with Crippen LogP contribution in [0.5, 0.6) is 5.75 Å². The topological polar surface area (TPSA) is 9.23 Å². The lowest BCUT2D eigenvalue weighted by molar-refractivity contribution is 0.411. The molecule has 0 aliphatic rings. The Hall–Kier alpha value is -0.500. The number of halogens is 1. The van der Waals surface area contributed by atoms with E-state index in [9.17, 15) is 0 Å². The van der Waals surface area contributed by atoms with Crippen LogP contribution in [0.3, 0.4) is 0 Å². The molecule has 0 aromatic heterocycles. The van der Waals surface area contributed by atoms with Crippen LogP contribution in [0.15, 0.2) is 16.6 Å². The summed E-state index contributed by atoms with van der Waals surface area (Å²) in [6, 6.07) is 4.21. The highest BCUT2D eigenvalue weighted by Crippen LogP contribution is 2.31. The van der Waals surface area contributed by atoms with Crippen molar-refractivity contribution in [2.24, 2.45) is 0 Å². The fourth-order valence-electron chi connectivity index (χ4n) is 1.45. The van der Waals surface area contributed by atoms with Crippen molar-refractivity contribution in [3.8, 4) is 5.75 Å². The lowest BCUT2D eigenvalue weighted by Gasteiger charge is -2.12. The molecule has 1 aromatic carbocycles. The maximum Gasteiger partial charge on any atom is 0.133 e. The molecular weight excluding hydrogens is 228 g/mol. The Morgan fingerprint density at radius 2 is 1.92 bits per heavy atom. The standard InChI is InChI=1S/C11H15BrO/c1-7(2)9-6-10(12)11(13-4)5-8(9)3/h5-7H,1-4H3. The van der Waals surface area contributed by atoms with Gasteiger partial charge in [0, 0.05) is 0 Å². The smallest absolute Gasteiger partial charge is 0.133 e. The molecule has 1 nitrogen and oxygen atoms in total. The average molecular weight is 243 g/mol. The Kier molecular flexibility index (Phi) is 3.37. The van der Waals surface area contributed by atoms with Crippen molar-refractivity contribution >= 4 is 15.9 Å². The molecule has 1 rings (SSSR count). The Labute approximate surface area is 88.2 Å². The molecule has 0 unspecified atom stereocenters. The lowest BCUT2D eigenvalue weighted by atomic mass is 9.98. The highest BCUT2D eigenvalue weighted by atomic mass is 79.9.